The number of unbranched alkanes of at least 4 members (excludes halogenated alkanes) is 1. The minimum absolute atomic E-state index is 0.275. The highest BCUT2D eigenvalue weighted by Gasteiger charge is 1.94. The van der Waals surface area contributed by atoms with Crippen molar-refractivity contribution in [2.75, 3.05) is 19.0 Å². The van der Waals surface area contributed by atoms with Crippen molar-refractivity contribution < 1.29 is 17.7 Å². The van der Waals surface area contributed by atoms with Crippen molar-refractivity contribution in [2.45, 2.75) is 26.2 Å². The van der Waals surface area contributed by atoms with Crippen LogP contribution in [0.25, 0.3) is 0 Å². The Bertz CT molecular complexity index is 186. The van der Waals surface area contributed by atoms with E-state index in [4.69, 9.17) is 4.74 Å². The second-order valence-corrected chi connectivity index (χ2v) is 4.10. The fourth-order valence-corrected chi connectivity index (χ4v) is 1.29. The molecular weight excluding hydrogens is 180 g/mol. The molecule has 5 heteroatoms. The minimum atomic E-state index is -4.02. The van der Waals surface area contributed by atoms with Crippen LogP contribution < -0.4 is 0 Å². The molecule has 0 aromatic carbocycles. The van der Waals surface area contributed by atoms with E-state index in [1.807, 2.05) is 6.92 Å². The predicted octanol–water partition coefficient (Wildman–Crippen LogP) is 0.738. The molecule has 12 heavy (non-hydrogen) atoms. The van der Waals surface area contributed by atoms with Crippen LogP contribution in [0.2, 0.25) is 0 Å². The lowest BCUT2D eigenvalue weighted by Gasteiger charge is -2.06. The Morgan fingerprint density at radius 2 is 1.92 bits per heavy atom. The molecule has 0 N–H and O–H groups in total. The Labute approximate surface area is 73.7 Å². The summed E-state index contributed by atoms with van der Waals surface area (Å²) in [6.07, 6.45) is 2.00. The lowest BCUT2D eigenvalue weighted by atomic mass is 10.4. The van der Waals surface area contributed by atoms with Crippen molar-refractivity contribution in [3.8, 4) is 0 Å². The highest BCUT2D eigenvalue weighted by molar-refractivity contribution is 7.85. The number of ether oxygens (including phenoxy) is 1. The lowest BCUT2D eigenvalue weighted by molar-refractivity contribution is 0.132. The molecular formula is C7H15O4S-. The predicted molar refractivity (Wildman–Crippen MR) is 44.9 cm³/mol. The largest absolute Gasteiger partial charge is 0.748 e. The Hall–Kier alpha value is -0.130. The van der Waals surface area contributed by atoms with E-state index in [0.29, 0.717) is 26.1 Å². The van der Waals surface area contributed by atoms with Crippen molar-refractivity contribution in [2.24, 2.45) is 0 Å². The van der Waals surface area contributed by atoms with E-state index in [2.05, 4.69) is 0 Å². The van der Waals surface area contributed by atoms with Gasteiger partial charge in [-0.15, -0.1) is 0 Å². The van der Waals surface area contributed by atoms with Crippen LogP contribution in [0.15, 0.2) is 0 Å². The van der Waals surface area contributed by atoms with Crippen molar-refractivity contribution in [1.82, 2.24) is 0 Å². The van der Waals surface area contributed by atoms with Crippen molar-refractivity contribution in [1.29, 1.82) is 0 Å². The van der Waals surface area contributed by atoms with Gasteiger partial charge in [0.1, 0.15) is 0 Å². The zero-order valence-electron chi connectivity index (χ0n) is 7.28. The third kappa shape index (κ3) is 9.87. The van der Waals surface area contributed by atoms with E-state index in [0.717, 1.165) is 6.42 Å². The summed E-state index contributed by atoms with van der Waals surface area (Å²) in [6.45, 7) is 3.25. The average molecular weight is 195 g/mol. The van der Waals surface area contributed by atoms with Crippen LogP contribution in [0.4, 0.5) is 0 Å². The van der Waals surface area contributed by atoms with Crippen LogP contribution in [0.5, 0.6) is 0 Å². The van der Waals surface area contributed by atoms with Gasteiger partial charge in [0.15, 0.2) is 0 Å². The van der Waals surface area contributed by atoms with Crippen molar-refractivity contribution >= 4 is 10.1 Å². The molecule has 0 aromatic rings. The second kappa shape index (κ2) is 6.39. The maximum atomic E-state index is 10.1. The van der Waals surface area contributed by atoms with Gasteiger partial charge < -0.3 is 9.29 Å². The molecule has 0 amide bonds. The summed E-state index contributed by atoms with van der Waals surface area (Å²) in [6, 6.07) is 0. The molecule has 74 valence electrons. The first-order valence-electron chi connectivity index (χ1n) is 4.07. The smallest absolute Gasteiger partial charge is 0.0945 e. The Kier molecular flexibility index (Phi) is 6.32. The van der Waals surface area contributed by atoms with Crippen LogP contribution in [0.3, 0.4) is 0 Å². The highest BCUT2D eigenvalue weighted by atomic mass is 32.2. The van der Waals surface area contributed by atoms with Gasteiger partial charge in [-0.3, -0.25) is 0 Å². The molecule has 0 aromatic heterocycles. The van der Waals surface area contributed by atoms with Crippen LogP contribution in [0, 0.1) is 0 Å². The van der Waals surface area contributed by atoms with Crippen LogP contribution in [-0.4, -0.2) is 31.9 Å². The summed E-state index contributed by atoms with van der Waals surface area (Å²) in [5.74, 6) is -0.275. The SMILES string of the molecule is CCCOCCCCS(=O)(=O)[O-]. The molecule has 0 aliphatic heterocycles. The van der Waals surface area contributed by atoms with Crippen LogP contribution in [0.1, 0.15) is 26.2 Å². The first kappa shape index (κ1) is 11.9. The molecule has 0 atom stereocenters. The zero-order valence-corrected chi connectivity index (χ0v) is 8.10. The van der Waals surface area contributed by atoms with E-state index in [-0.39, 0.29) is 5.75 Å². The molecule has 0 saturated carbocycles. The quantitative estimate of drug-likeness (QED) is 0.444. The number of hydrogen-bond donors (Lipinski definition) is 0. The summed E-state index contributed by atoms with van der Waals surface area (Å²) in [5, 5.41) is 0. The molecule has 0 aliphatic carbocycles. The van der Waals surface area contributed by atoms with E-state index >= 15 is 0 Å². The summed E-state index contributed by atoms with van der Waals surface area (Å²) in [7, 11) is -4.02. The van der Waals surface area contributed by atoms with Crippen LogP contribution in [-0.2, 0) is 14.9 Å². The van der Waals surface area contributed by atoms with Gasteiger partial charge in [0.25, 0.3) is 0 Å². The zero-order chi connectivity index (χ0) is 9.45. The third-order valence-electron chi connectivity index (χ3n) is 1.28. The number of rotatable bonds is 7. The molecule has 0 radical (unpaired) electrons. The molecule has 0 aliphatic rings. The van der Waals surface area contributed by atoms with Gasteiger partial charge in [0.2, 0.25) is 0 Å². The van der Waals surface area contributed by atoms with Gasteiger partial charge in [-0.25, -0.2) is 8.42 Å². The number of hydrogen-bond acceptors (Lipinski definition) is 4. The maximum Gasteiger partial charge on any atom is 0.0945 e. The molecule has 0 heterocycles. The molecule has 4 nitrogen and oxygen atoms in total. The first-order valence-corrected chi connectivity index (χ1v) is 5.65. The standard InChI is InChI=1S/C7H16O4S/c1-2-5-11-6-3-4-7-12(8,9)10/h2-7H2,1H3,(H,8,9,10)/p-1. The summed E-state index contributed by atoms with van der Waals surface area (Å²) in [5.41, 5.74) is 0. The maximum absolute atomic E-state index is 10.1. The van der Waals surface area contributed by atoms with Gasteiger partial charge in [-0.2, -0.15) is 0 Å². The summed E-state index contributed by atoms with van der Waals surface area (Å²) in [4.78, 5) is 0. The fourth-order valence-electron chi connectivity index (χ4n) is 0.729. The average Bonchev–Trinajstić information content (AvgIpc) is 1.94. The lowest BCUT2D eigenvalue weighted by Crippen LogP contribution is -2.05. The minimum Gasteiger partial charge on any atom is -0.748 e. The monoisotopic (exact) mass is 195 g/mol. The van der Waals surface area contributed by atoms with E-state index in [1.54, 1.807) is 0 Å². The second-order valence-electron chi connectivity index (χ2n) is 2.58. The van der Waals surface area contributed by atoms with Gasteiger partial charge in [-0.05, 0) is 19.3 Å². The third-order valence-corrected chi connectivity index (χ3v) is 2.07. The van der Waals surface area contributed by atoms with Crippen molar-refractivity contribution in [3.05, 3.63) is 0 Å². The van der Waals surface area contributed by atoms with Gasteiger partial charge in [0, 0.05) is 19.0 Å². The first-order chi connectivity index (χ1) is 5.56. The topological polar surface area (TPSA) is 66.4 Å². The Balaban J connectivity index is 3.12. The summed E-state index contributed by atoms with van der Waals surface area (Å²) < 4.78 is 35.5. The van der Waals surface area contributed by atoms with Crippen LogP contribution >= 0.6 is 0 Å². The Morgan fingerprint density at radius 1 is 1.25 bits per heavy atom. The summed E-state index contributed by atoms with van der Waals surface area (Å²) >= 11 is 0. The molecule has 0 fully saturated rings. The molecule has 0 spiro atoms. The Morgan fingerprint density at radius 3 is 2.42 bits per heavy atom. The van der Waals surface area contributed by atoms with E-state index in [1.165, 1.54) is 0 Å². The molecule has 0 unspecified atom stereocenters. The molecule has 0 saturated heterocycles. The van der Waals surface area contributed by atoms with Gasteiger partial charge >= 0.3 is 0 Å². The van der Waals surface area contributed by atoms with Gasteiger partial charge in [-0.1, -0.05) is 6.92 Å². The van der Waals surface area contributed by atoms with Crippen molar-refractivity contribution in [3.63, 3.8) is 0 Å². The van der Waals surface area contributed by atoms with Gasteiger partial charge in [0.05, 0.1) is 10.1 Å². The molecule has 0 bridgehead atoms. The van der Waals surface area contributed by atoms with E-state index in [9.17, 15) is 13.0 Å². The molecule has 0 rings (SSSR count). The fraction of sp³-hybridized carbons (Fsp3) is 1.00. The van der Waals surface area contributed by atoms with E-state index < -0.39 is 10.1 Å². The highest BCUT2D eigenvalue weighted by Crippen LogP contribution is 1.94. The normalized spacial score (nSPS) is 11.8.